The van der Waals surface area contributed by atoms with Crippen LogP contribution >= 0.6 is 0 Å². The minimum atomic E-state index is -4.87. The van der Waals surface area contributed by atoms with E-state index in [1.807, 2.05) is 0 Å². The molecule has 1 aromatic heterocycles. The lowest BCUT2D eigenvalue weighted by molar-refractivity contribution is -0.254. The van der Waals surface area contributed by atoms with Crippen molar-refractivity contribution in [3.8, 4) is 0 Å². The third-order valence-corrected chi connectivity index (χ3v) is 3.41. The summed E-state index contributed by atoms with van der Waals surface area (Å²) in [6, 6.07) is 12.9. The highest BCUT2D eigenvalue weighted by molar-refractivity contribution is 6.03. The minimum absolute atomic E-state index is 0.0618. The molecule has 0 spiro atoms. The molecule has 0 unspecified atom stereocenters. The molecule has 0 saturated heterocycles. The Morgan fingerprint density at radius 1 is 1.05 bits per heavy atom. The number of aliphatic hydroxyl groups is 1. The number of nitrogens with zero attached hydrogens (tertiary/aromatic N) is 3. The predicted molar refractivity (Wildman–Crippen MR) is 75.3 cm³/mol. The molecule has 0 radical (unpaired) electrons. The summed E-state index contributed by atoms with van der Waals surface area (Å²) >= 11 is 0. The van der Waals surface area contributed by atoms with Crippen LogP contribution in [-0.4, -0.2) is 27.7 Å². The molecule has 0 aliphatic carbocycles. The Balaban J connectivity index is 2.07. The maximum Gasteiger partial charge on any atom is 0.438 e. The molecule has 2 heterocycles. The van der Waals surface area contributed by atoms with Crippen molar-refractivity contribution in [2.24, 2.45) is 5.10 Å². The molecule has 1 aliphatic rings. The van der Waals surface area contributed by atoms with Crippen LogP contribution in [0.5, 0.6) is 0 Å². The third-order valence-electron chi connectivity index (χ3n) is 3.41. The van der Waals surface area contributed by atoms with Crippen molar-refractivity contribution in [1.29, 1.82) is 0 Å². The van der Waals surface area contributed by atoms with E-state index in [0.717, 1.165) is 0 Å². The first-order valence-electron chi connectivity index (χ1n) is 6.55. The molecule has 0 saturated carbocycles. The van der Waals surface area contributed by atoms with Gasteiger partial charge in [-0.1, -0.05) is 36.4 Å². The molecule has 1 atom stereocenters. The molecule has 3 rings (SSSR count). The predicted octanol–water partition coefficient (Wildman–Crippen LogP) is 2.95. The van der Waals surface area contributed by atoms with Crippen molar-refractivity contribution in [3.63, 3.8) is 0 Å². The fraction of sp³-hybridized carbons (Fsp3) is 0.200. The van der Waals surface area contributed by atoms with Crippen LogP contribution in [0.15, 0.2) is 59.8 Å². The molecule has 0 amide bonds. The number of hydrazone groups is 1. The standard InChI is InChI=1S/C15H12F3N3O/c16-15(17,18)14(22)10-12(11-6-2-1-3-7-11)20-21(14)13-8-4-5-9-19-13/h1-9,22H,10H2/t14-/m1/s1. The van der Waals surface area contributed by atoms with E-state index in [0.29, 0.717) is 10.6 Å². The topological polar surface area (TPSA) is 48.7 Å². The zero-order valence-electron chi connectivity index (χ0n) is 11.3. The smallest absolute Gasteiger partial charge is 0.362 e. The molecule has 1 aliphatic heterocycles. The van der Waals surface area contributed by atoms with Crippen LogP contribution in [-0.2, 0) is 0 Å². The Morgan fingerprint density at radius 2 is 1.73 bits per heavy atom. The molecular weight excluding hydrogens is 295 g/mol. The van der Waals surface area contributed by atoms with Gasteiger partial charge in [0.1, 0.15) is 0 Å². The maximum atomic E-state index is 13.4. The number of hydrogen-bond donors (Lipinski definition) is 1. The number of aromatic nitrogens is 1. The van der Waals surface area contributed by atoms with Gasteiger partial charge in [-0.15, -0.1) is 0 Å². The van der Waals surface area contributed by atoms with Crippen LogP contribution in [0, 0.1) is 0 Å². The number of anilines is 1. The lowest BCUT2D eigenvalue weighted by Gasteiger charge is -2.33. The summed E-state index contributed by atoms with van der Waals surface area (Å²) in [5, 5.41) is 14.7. The lowest BCUT2D eigenvalue weighted by Crippen LogP contribution is -2.55. The van der Waals surface area contributed by atoms with E-state index in [2.05, 4.69) is 10.1 Å². The van der Waals surface area contributed by atoms with Gasteiger partial charge in [0.25, 0.3) is 5.72 Å². The highest BCUT2D eigenvalue weighted by atomic mass is 19.4. The Morgan fingerprint density at radius 3 is 2.32 bits per heavy atom. The summed E-state index contributed by atoms with van der Waals surface area (Å²) in [7, 11) is 0. The average Bonchev–Trinajstić information content (AvgIpc) is 2.88. The minimum Gasteiger partial charge on any atom is -0.362 e. The van der Waals surface area contributed by atoms with Crippen LogP contribution in [0.2, 0.25) is 0 Å². The summed E-state index contributed by atoms with van der Waals surface area (Å²) in [5.74, 6) is -0.0618. The maximum absolute atomic E-state index is 13.4. The SMILES string of the molecule is O[C@@]1(C(F)(F)F)CC(c2ccccc2)=NN1c1ccccn1. The van der Waals surface area contributed by atoms with E-state index in [-0.39, 0.29) is 11.5 Å². The van der Waals surface area contributed by atoms with Gasteiger partial charge in [0, 0.05) is 6.20 Å². The molecular formula is C15H12F3N3O. The van der Waals surface area contributed by atoms with E-state index < -0.39 is 18.3 Å². The molecule has 0 bridgehead atoms. The third kappa shape index (κ3) is 2.33. The summed E-state index contributed by atoms with van der Waals surface area (Å²) in [4.78, 5) is 3.86. The molecule has 22 heavy (non-hydrogen) atoms. The van der Waals surface area contributed by atoms with Gasteiger partial charge in [0.05, 0.1) is 12.1 Å². The van der Waals surface area contributed by atoms with Crippen LogP contribution in [0.1, 0.15) is 12.0 Å². The fourth-order valence-electron chi connectivity index (χ4n) is 2.28. The average molecular weight is 307 g/mol. The van der Waals surface area contributed by atoms with E-state index in [9.17, 15) is 18.3 Å². The molecule has 7 heteroatoms. The van der Waals surface area contributed by atoms with Crippen LogP contribution in [0.25, 0.3) is 0 Å². The van der Waals surface area contributed by atoms with E-state index in [4.69, 9.17) is 0 Å². The van der Waals surface area contributed by atoms with Crippen molar-refractivity contribution < 1.29 is 18.3 Å². The zero-order valence-corrected chi connectivity index (χ0v) is 11.3. The second kappa shape index (κ2) is 5.10. The van der Waals surface area contributed by atoms with Gasteiger partial charge < -0.3 is 5.11 Å². The first kappa shape index (κ1) is 14.5. The number of halogens is 3. The Hall–Kier alpha value is -2.41. The highest BCUT2D eigenvalue weighted by Gasteiger charge is 2.62. The Bertz CT molecular complexity index is 688. The molecule has 114 valence electrons. The number of rotatable bonds is 2. The quantitative estimate of drug-likeness (QED) is 0.928. The largest absolute Gasteiger partial charge is 0.438 e. The number of alkyl halides is 3. The first-order chi connectivity index (χ1) is 10.4. The summed E-state index contributed by atoms with van der Waals surface area (Å²) in [6.07, 6.45) is -4.18. The monoisotopic (exact) mass is 307 g/mol. The van der Waals surface area contributed by atoms with Gasteiger partial charge in [-0.2, -0.15) is 18.3 Å². The van der Waals surface area contributed by atoms with Crippen molar-refractivity contribution in [2.75, 3.05) is 5.01 Å². The molecule has 1 aromatic carbocycles. The van der Waals surface area contributed by atoms with E-state index >= 15 is 0 Å². The lowest BCUT2D eigenvalue weighted by atomic mass is 10.0. The second-order valence-electron chi connectivity index (χ2n) is 4.90. The van der Waals surface area contributed by atoms with Crippen molar-refractivity contribution >= 4 is 11.5 Å². The van der Waals surface area contributed by atoms with Crippen LogP contribution in [0.3, 0.4) is 0 Å². The van der Waals surface area contributed by atoms with Gasteiger partial charge in [-0.25, -0.2) is 9.99 Å². The van der Waals surface area contributed by atoms with Gasteiger partial charge in [-0.05, 0) is 17.7 Å². The molecule has 0 fully saturated rings. The fourth-order valence-corrected chi connectivity index (χ4v) is 2.28. The first-order valence-corrected chi connectivity index (χ1v) is 6.55. The van der Waals surface area contributed by atoms with Gasteiger partial charge in [-0.3, -0.25) is 0 Å². The second-order valence-corrected chi connectivity index (χ2v) is 4.90. The van der Waals surface area contributed by atoms with Crippen molar-refractivity contribution in [3.05, 3.63) is 60.3 Å². The summed E-state index contributed by atoms with van der Waals surface area (Å²) in [5.41, 5.74) is -2.42. The van der Waals surface area contributed by atoms with E-state index in [1.165, 1.54) is 18.3 Å². The number of pyridine rings is 1. The van der Waals surface area contributed by atoms with Crippen molar-refractivity contribution in [2.45, 2.75) is 18.3 Å². The van der Waals surface area contributed by atoms with Crippen molar-refractivity contribution in [1.82, 2.24) is 4.98 Å². The van der Waals surface area contributed by atoms with E-state index in [1.54, 1.807) is 36.4 Å². The normalized spacial score (nSPS) is 21.8. The van der Waals surface area contributed by atoms with Crippen LogP contribution in [0.4, 0.5) is 19.0 Å². The zero-order chi connectivity index (χ0) is 15.8. The summed E-state index contributed by atoms with van der Waals surface area (Å²) < 4.78 is 40.1. The number of benzene rings is 1. The molecule has 1 N–H and O–H groups in total. The molecule has 4 nitrogen and oxygen atoms in total. The Labute approximate surface area is 124 Å². The molecule has 2 aromatic rings. The van der Waals surface area contributed by atoms with Gasteiger partial charge in [0.15, 0.2) is 5.82 Å². The van der Waals surface area contributed by atoms with Gasteiger partial charge >= 0.3 is 6.18 Å². The highest BCUT2D eigenvalue weighted by Crippen LogP contribution is 2.42. The van der Waals surface area contributed by atoms with Gasteiger partial charge in [0.2, 0.25) is 0 Å². The van der Waals surface area contributed by atoms with Crippen LogP contribution < -0.4 is 5.01 Å². The number of hydrogen-bond acceptors (Lipinski definition) is 4. The Kier molecular flexibility index (Phi) is 3.37. The summed E-state index contributed by atoms with van der Waals surface area (Å²) in [6.45, 7) is 0.